The topological polar surface area (TPSA) is 56.0 Å². The van der Waals surface area contributed by atoms with Crippen molar-refractivity contribution in [3.8, 4) is 0 Å². The Bertz CT molecular complexity index is 283. The van der Waals surface area contributed by atoms with E-state index in [4.69, 9.17) is 5.73 Å². The van der Waals surface area contributed by atoms with Crippen molar-refractivity contribution in [3.63, 3.8) is 0 Å². The van der Waals surface area contributed by atoms with Crippen molar-refractivity contribution in [2.45, 2.75) is 32.6 Å². The number of nitrogens with two attached hydrogens (primary N) is 1. The van der Waals surface area contributed by atoms with Gasteiger partial charge in [0.1, 0.15) is 0 Å². The lowest BCUT2D eigenvalue weighted by atomic mass is 10.2. The molecule has 3 nitrogen and oxygen atoms in total. The van der Waals surface area contributed by atoms with Crippen molar-refractivity contribution in [2.24, 2.45) is 5.73 Å². The van der Waals surface area contributed by atoms with Crippen LogP contribution in [0.2, 0.25) is 0 Å². The Kier molecular flexibility index (Phi) is 3.89. The van der Waals surface area contributed by atoms with E-state index in [1.165, 1.54) is 6.42 Å². The van der Waals surface area contributed by atoms with Gasteiger partial charge < -0.3 is 5.73 Å². The third-order valence-corrected chi connectivity index (χ3v) is 2.66. The molecule has 13 heavy (non-hydrogen) atoms. The van der Waals surface area contributed by atoms with Gasteiger partial charge in [-0.25, -0.2) is 4.98 Å². The van der Waals surface area contributed by atoms with E-state index in [0.717, 1.165) is 23.5 Å². The first kappa shape index (κ1) is 10.2. The summed E-state index contributed by atoms with van der Waals surface area (Å²) in [5, 5.41) is 3.02. The normalized spacial score (nSPS) is 10.2. The molecule has 0 saturated heterocycles. The molecule has 0 unspecified atom stereocenters. The zero-order chi connectivity index (χ0) is 9.68. The Morgan fingerprint density at radius 2 is 2.46 bits per heavy atom. The van der Waals surface area contributed by atoms with Gasteiger partial charge in [-0.05, 0) is 12.8 Å². The molecule has 1 amide bonds. The molecule has 0 atom stereocenters. The van der Waals surface area contributed by atoms with Crippen LogP contribution in [-0.2, 0) is 17.6 Å². The van der Waals surface area contributed by atoms with E-state index in [1.807, 2.05) is 5.38 Å². The van der Waals surface area contributed by atoms with Gasteiger partial charge in [-0.1, -0.05) is 13.3 Å². The van der Waals surface area contributed by atoms with E-state index in [2.05, 4.69) is 11.9 Å². The van der Waals surface area contributed by atoms with Crippen LogP contribution in [-0.4, -0.2) is 10.9 Å². The van der Waals surface area contributed by atoms with Gasteiger partial charge in [0.05, 0.1) is 17.1 Å². The van der Waals surface area contributed by atoms with Crippen molar-refractivity contribution in [1.29, 1.82) is 0 Å². The molecule has 1 aromatic rings. The minimum Gasteiger partial charge on any atom is -0.369 e. The van der Waals surface area contributed by atoms with E-state index in [9.17, 15) is 4.79 Å². The molecule has 4 heteroatoms. The van der Waals surface area contributed by atoms with Gasteiger partial charge in [0, 0.05) is 5.38 Å². The Morgan fingerprint density at radius 1 is 1.69 bits per heavy atom. The summed E-state index contributed by atoms with van der Waals surface area (Å²) in [4.78, 5) is 14.9. The highest BCUT2D eigenvalue weighted by Crippen LogP contribution is 2.12. The monoisotopic (exact) mass is 198 g/mol. The third kappa shape index (κ3) is 3.55. The zero-order valence-corrected chi connectivity index (χ0v) is 8.56. The summed E-state index contributed by atoms with van der Waals surface area (Å²) in [5.74, 6) is -0.313. The number of carbonyl (C=O) groups is 1. The summed E-state index contributed by atoms with van der Waals surface area (Å²) >= 11 is 1.61. The van der Waals surface area contributed by atoms with E-state index in [1.54, 1.807) is 11.3 Å². The summed E-state index contributed by atoms with van der Waals surface area (Å²) < 4.78 is 0. The second-order valence-corrected chi connectivity index (χ2v) is 3.92. The molecular weight excluding hydrogens is 184 g/mol. The molecule has 2 N–H and O–H groups in total. The molecule has 0 bridgehead atoms. The molecule has 0 saturated carbocycles. The number of hydrogen-bond acceptors (Lipinski definition) is 3. The van der Waals surface area contributed by atoms with Crippen LogP contribution in [0.5, 0.6) is 0 Å². The standard InChI is InChI=1S/C9H14N2OS/c1-2-3-4-9-11-7(6-13-9)5-8(10)12/h6H,2-5H2,1H3,(H2,10,12). The largest absolute Gasteiger partial charge is 0.369 e. The summed E-state index contributed by atoms with van der Waals surface area (Å²) in [6.07, 6.45) is 3.61. The first-order chi connectivity index (χ1) is 6.22. The highest BCUT2D eigenvalue weighted by atomic mass is 32.1. The molecule has 1 rings (SSSR count). The molecule has 0 radical (unpaired) electrons. The van der Waals surface area contributed by atoms with Crippen LogP contribution >= 0.6 is 11.3 Å². The highest BCUT2D eigenvalue weighted by molar-refractivity contribution is 7.09. The molecular formula is C9H14N2OS. The number of primary amides is 1. The van der Waals surface area contributed by atoms with Crippen LogP contribution in [0.15, 0.2) is 5.38 Å². The Morgan fingerprint density at radius 3 is 3.08 bits per heavy atom. The quantitative estimate of drug-likeness (QED) is 0.779. The third-order valence-electron chi connectivity index (χ3n) is 1.70. The maximum Gasteiger partial charge on any atom is 0.223 e. The number of thiazole rings is 1. The van der Waals surface area contributed by atoms with Crippen LogP contribution in [0.4, 0.5) is 0 Å². The Hall–Kier alpha value is -0.900. The highest BCUT2D eigenvalue weighted by Gasteiger charge is 2.03. The summed E-state index contributed by atoms with van der Waals surface area (Å²) in [7, 11) is 0. The first-order valence-corrected chi connectivity index (χ1v) is 5.32. The predicted molar refractivity (Wildman–Crippen MR) is 53.6 cm³/mol. The smallest absolute Gasteiger partial charge is 0.223 e. The van der Waals surface area contributed by atoms with Gasteiger partial charge in [-0.15, -0.1) is 11.3 Å². The van der Waals surface area contributed by atoms with Crippen molar-refractivity contribution >= 4 is 17.2 Å². The Labute approximate surface area is 82.0 Å². The number of unbranched alkanes of at least 4 members (excludes halogenated alkanes) is 1. The van der Waals surface area contributed by atoms with E-state index in [0.29, 0.717) is 0 Å². The van der Waals surface area contributed by atoms with Crippen molar-refractivity contribution in [2.75, 3.05) is 0 Å². The van der Waals surface area contributed by atoms with Crippen LogP contribution in [0.25, 0.3) is 0 Å². The van der Waals surface area contributed by atoms with E-state index in [-0.39, 0.29) is 12.3 Å². The summed E-state index contributed by atoms with van der Waals surface area (Å²) in [5.41, 5.74) is 5.87. The average molecular weight is 198 g/mol. The lowest BCUT2D eigenvalue weighted by molar-refractivity contribution is -0.117. The van der Waals surface area contributed by atoms with Crippen LogP contribution in [0, 0.1) is 0 Å². The van der Waals surface area contributed by atoms with Crippen LogP contribution in [0.1, 0.15) is 30.5 Å². The maximum atomic E-state index is 10.6. The van der Waals surface area contributed by atoms with Gasteiger partial charge in [-0.2, -0.15) is 0 Å². The SMILES string of the molecule is CCCCc1nc(CC(N)=O)cs1. The second kappa shape index (κ2) is 4.97. The lowest BCUT2D eigenvalue weighted by Crippen LogP contribution is -2.13. The molecule has 0 aliphatic rings. The summed E-state index contributed by atoms with van der Waals surface area (Å²) in [6, 6.07) is 0. The number of rotatable bonds is 5. The van der Waals surface area contributed by atoms with Gasteiger partial charge in [0.25, 0.3) is 0 Å². The fourth-order valence-electron chi connectivity index (χ4n) is 1.05. The number of amides is 1. The molecule has 0 aliphatic heterocycles. The predicted octanol–water partition coefficient (Wildman–Crippen LogP) is 1.51. The first-order valence-electron chi connectivity index (χ1n) is 4.44. The van der Waals surface area contributed by atoms with E-state index >= 15 is 0 Å². The molecule has 0 aliphatic carbocycles. The van der Waals surface area contributed by atoms with Crippen molar-refractivity contribution in [3.05, 3.63) is 16.1 Å². The summed E-state index contributed by atoms with van der Waals surface area (Å²) in [6.45, 7) is 2.15. The average Bonchev–Trinajstić information content (AvgIpc) is 2.48. The second-order valence-electron chi connectivity index (χ2n) is 2.98. The fourth-order valence-corrected chi connectivity index (χ4v) is 1.89. The minimum atomic E-state index is -0.313. The lowest BCUT2D eigenvalue weighted by Gasteiger charge is -1.91. The number of aromatic nitrogens is 1. The van der Waals surface area contributed by atoms with Crippen LogP contribution < -0.4 is 5.73 Å². The number of nitrogens with zero attached hydrogens (tertiary/aromatic N) is 1. The van der Waals surface area contributed by atoms with Gasteiger partial charge in [-0.3, -0.25) is 4.79 Å². The molecule has 72 valence electrons. The number of carbonyl (C=O) groups excluding carboxylic acids is 1. The molecule has 0 aromatic carbocycles. The number of hydrogen-bond donors (Lipinski definition) is 1. The van der Waals surface area contributed by atoms with E-state index < -0.39 is 0 Å². The van der Waals surface area contributed by atoms with Gasteiger partial charge >= 0.3 is 0 Å². The molecule has 1 aromatic heterocycles. The molecule has 0 fully saturated rings. The molecule has 0 spiro atoms. The van der Waals surface area contributed by atoms with Crippen molar-refractivity contribution in [1.82, 2.24) is 4.98 Å². The van der Waals surface area contributed by atoms with Crippen molar-refractivity contribution < 1.29 is 4.79 Å². The van der Waals surface area contributed by atoms with Crippen LogP contribution in [0.3, 0.4) is 0 Å². The fraction of sp³-hybridized carbons (Fsp3) is 0.556. The minimum absolute atomic E-state index is 0.266. The Balaban J connectivity index is 2.48. The zero-order valence-electron chi connectivity index (χ0n) is 7.75. The number of aryl methyl sites for hydroxylation is 1. The maximum absolute atomic E-state index is 10.6. The van der Waals surface area contributed by atoms with Gasteiger partial charge in [0.15, 0.2) is 0 Å². The van der Waals surface area contributed by atoms with Gasteiger partial charge in [0.2, 0.25) is 5.91 Å². The molecule has 1 heterocycles.